The summed E-state index contributed by atoms with van der Waals surface area (Å²) in [5.74, 6) is 1.13. The Labute approximate surface area is 220 Å². The summed E-state index contributed by atoms with van der Waals surface area (Å²) in [5, 5.41) is 1.91. The average Bonchev–Trinajstić information content (AvgIpc) is 3.62. The highest BCUT2D eigenvalue weighted by molar-refractivity contribution is 8.00. The molecule has 0 saturated carbocycles. The molecule has 0 saturated heterocycles. The smallest absolute Gasteiger partial charge is 0.135 e. The van der Waals surface area contributed by atoms with Gasteiger partial charge in [-0.3, -0.25) is 9.98 Å². The zero-order valence-corrected chi connectivity index (χ0v) is 21.2. The Hall–Kier alpha value is -4.15. The quantitative estimate of drug-likeness (QED) is 0.180. The molecule has 0 N–H and O–H groups in total. The number of furan rings is 1. The van der Waals surface area contributed by atoms with E-state index >= 15 is 0 Å². The van der Waals surface area contributed by atoms with Gasteiger partial charge in [-0.1, -0.05) is 48.5 Å². The van der Waals surface area contributed by atoms with E-state index in [4.69, 9.17) is 4.42 Å². The Morgan fingerprint density at radius 2 is 1.73 bits per heavy atom. The van der Waals surface area contributed by atoms with Crippen molar-refractivity contribution in [1.82, 2.24) is 4.98 Å². The van der Waals surface area contributed by atoms with Crippen LogP contribution in [0.1, 0.15) is 45.4 Å². The molecule has 2 bridgehead atoms. The molecule has 2 aliphatic heterocycles. The molecule has 0 aliphatic carbocycles. The molecule has 178 valence electrons. The molecule has 37 heavy (non-hydrogen) atoms. The highest BCUT2D eigenvalue weighted by Crippen LogP contribution is 2.65. The number of allylic oxidation sites excluding steroid dienone is 3. The molecule has 0 radical (unpaired) electrons. The first kappa shape index (κ1) is 22.1. The fraction of sp³-hybridized carbons (Fsp3) is 0.0909. The Kier molecular flexibility index (Phi) is 5.22. The molecular formula is C33H24N2OS. The van der Waals surface area contributed by atoms with Crippen LogP contribution in [-0.2, 0) is 0 Å². The van der Waals surface area contributed by atoms with E-state index in [1.165, 1.54) is 22.1 Å². The first-order valence-corrected chi connectivity index (χ1v) is 13.3. The predicted molar refractivity (Wildman–Crippen MR) is 155 cm³/mol. The highest BCUT2D eigenvalue weighted by Gasteiger charge is 2.46. The molecule has 2 aliphatic rings. The first-order valence-electron chi connectivity index (χ1n) is 12.4. The number of fused-ring (bicyclic) bond motifs is 10. The summed E-state index contributed by atoms with van der Waals surface area (Å²) in [6.45, 7) is 5.64. The van der Waals surface area contributed by atoms with Crippen LogP contribution in [0.15, 0.2) is 113 Å². The first-order chi connectivity index (χ1) is 18.2. The van der Waals surface area contributed by atoms with Crippen molar-refractivity contribution in [1.29, 1.82) is 0 Å². The van der Waals surface area contributed by atoms with Gasteiger partial charge >= 0.3 is 0 Å². The maximum atomic E-state index is 6.55. The van der Waals surface area contributed by atoms with E-state index in [0.29, 0.717) is 10.5 Å². The maximum absolute atomic E-state index is 6.55. The number of benzene rings is 3. The van der Waals surface area contributed by atoms with E-state index in [1.807, 2.05) is 30.1 Å². The summed E-state index contributed by atoms with van der Waals surface area (Å²) in [7, 11) is 0. The lowest BCUT2D eigenvalue weighted by Gasteiger charge is -2.13. The highest BCUT2D eigenvalue weighted by atomic mass is 32.2. The standard InChI is InChI=1S/C33H24N2OS/c1-20(7-5-13-34-2)23-15-24(17-25(16-23)22-8-6-14-35-19-22)21-11-12-28-29(18-21)36-31-30(28)32-26-9-3-4-10-27(26)33(31)37-32/h3-19,32-33H,2H2,1H3/b13-5-,20-7+. The van der Waals surface area contributed by atoms with Gasteiger partial charge in [-0.25, -0.2) is 0 Å². The molecule has 0 spiro atoms. The second kappa shape index (κ2) is 8.75. The summed E-state index contributed by atoms with van der Waals surface area (Å²) in [6.07, 6.45) is 9.39. The fourth-order valence-electron chi connectivity index (χ4n) is 5.54. The van der Waals surface area contributed by atoms with Crippen LogP contribution in [0.5, 0.6) is 0 Å². The number of hydrogen-bond acceptors (Lipinski definition) is 4. The molecular weight excluding hydrogens is 472 g/mol. The lowest BCUT2D eigenvalue weighted by Crippen LogP contribution is -1.99. The second-order valence-electron chi connectivity index (χ2n) is 9.53. The van der Waals surface area contributed by atoms with Crippen molar-refractivity contribution < 1.29 is 4.42 Å². The monoisotopic (exact) mass is 496 g/mol. The van der Waals surface area contributed by atoms with Gasteiger partial charge < -0.3 is 4.42 Å². The molecule has 2 unspecified atom stereocenters. The van der Waals surface area contributed by atoms with Gasteiger partial charge in [-0.2, -0.15) is 0 Å². The van der Waals surface area contributed by atoms with Crippen molar-refractivity contribution in [2.45, 2.75) is 17.4 Å². The summed E-state index contributed by atoms with van der Waals surface area (Å²) < 4.78 is 6.55. The lowest BCUT2D eigenvalue weighted by atomic mass is 9.89. The minimum atomic E-state index is 0.304. The van der Waals surface area contributed by atoms with Crippen molar-refractivity contribution in [3.05, 3.63) is 132 Å². The number of aliphatic imine (C=N–C) groups is 1. The van der Waals surface area contributed by atoms with E-state index in [2.05, 4.69) is 96.4 Å². The third kappa shape index (κ3) is 3.59. The van der Waals surface area contributed by atoms with Crippen LogP contribution in [-0.4, -0.2) is 11.7 Å². The van der Waals surface area contributed by atoms with Gasteiger partial charge in [0, 0.05) is 35.1 Å². The normalized spacial score (nSPS) is 17.9. The van der Waals surface area contributed by atoms with Gasteiger partial charge in [-0.05, 0) is 89.0 Å². The van der Waals surface area contributed by atoms with Gasteiger partial charge in [0.25, 0.3) is 0 Å². The van der Waals surface area contributed by atoms with Crippen LogP contribution < -0.4 is 0 Å². The Morgan fingerprint density at radius 3 is 2.51 bits per heavy atom. The molecule has 2 atom stereocenters. The number of pyridine rings is 1. The molecule has 3 nitrogen and oxygen atoms in total. The number of nitrogens with zero attached hydrogens (tertiary/aromatic N) is 2. The molecule has 7 rings (SSSR count). The zero-order valence-electron chi connectivity index (χ0n) is 20.4. The van der Waals surface area contributed by atoms with Gasteiger partial charge in [0.1, 0.15) is 11.3 Å². The van der Waals surface area contributed by atoms with Crippen molar-refractivity contribution in [3.63, 3.8) is 0 Å². The fourth-order valence-corrected chi connectivity index (χ4v) is 7.22. The van der Waals surface area contributed by atoms with Crippen LogP contribution in [0.25, 0.3) is 38.8 Å². The minimum absolute atomic E-state index is 0.304. The van der Waals surface area contributed by atoms with Gasteiger partial charge in [-0.15, -0.1) is 11.8 Å². The second-order valence-corrected chi connectivity index (χ2v) is 10.7. The van der Waals surface area contributed by atoms with E-state index in [-0.39, 0.29) is 0 Å². The van der Waals surface area contributed by atoms with E-state index in [0.717, 1.165) is 44.7 Å². The van der Waals surface area contributed by atoms with Crippen molar-refractivity contribution in [2.75, 3.05) is 0 Å². The van der Waals surface area contributed by atoms with Crippen LogP contribution in [0.4, 0.5) is 0 Å². The molecule has 0 amide bonds. The SMILES string of the molecule is C=N/C=C\C=C(/C)c1cc(-c2cccnc2)cc(-c2ccc3c4c(oc3c2)C2SC4c3ccccc32)c1. The zero-order chi connectivity index (χ0) is 24.9. The predicted octanol–water partition coefficient (Wildman–Crippen LogP) is 9.02. The van der Waals surface area contributed by atoms with E-state index in [9.17, 15) is 0 Å². The minimum Gasteiger partial charge on any atom is -0.459 e. The molecule has 2 aromatic heterocycles. The summed E-state index contributed by atoms with van der Waals surface area (Å²) >= 11 is 2.00. The van der Waals surface area contributed by atoms with Gasteiger partial charge in [0.2, 0.25) is 0 Å². The molecule has 5 aromatic rings. The summed E-state index contributed by atoms with van der Waals surface area (Å²) in [6, 6.07) is 26.2. The largest absolute Gasteiger partial charge is 0.459 e. The maximum Gasteiger partial charge on any atom is 0.135 e. The van der Waals surface area contributed by atoms with Crippen LogP contribution in [0.2, 0.25) is 0 Å². The topological polar surface area (TPSA) is 38.4 Å². The van der Waals surface area contributed by atoms with Crippen molar-refractivity contribution >= 4 is 35.0 Å². The Balaban J connectivity index is 1.35. The third-order valence-corrected chi connectivity index (χ3v) is 8.85. The summed E-state index contributed by atoms with van der Waals surface area (Å²) in [5.41, 5.74) is 12.0. The number of hydrogen-bond donors (Lipinski definition) is 0. The van der Waals surface area contributed by atoms with Crippen LogP contribution in [0.3, 0.4) is 0 Å². The van der Waals surface area contributed by atoms with Gasteiger partial charge in [0.15, 0.2) is 0 Å². The number of aromatic nitrogens is 1. The van der Waals surface area contributed by atoms with Crippen LogP contribution in [0, 0.1) is 0 Å². The van der Waals surface area contributed by atoms with Gasteiger partial charge in [0.05, 0.1) is 10.5 Å². The lowest BCUT2D eigenvalue weighted by molar-refractivity contribution is 0.555. The Morgan fingerprint density at radius 1 is 0.919 bits per heavy atom. The van der Waals surface area contributed by atoms with Crippen LogP contribution >= 0.6 is 11.8 Å². The molecule has 3 aromatic carbocycles. The third-order valence-electron chi connectivity index (χ3n) is 7.34. The summed E-state index contributed by atoms with van der Waals surface area (Å²) in [4.78, 5) is 8.16. The number of thioether (sulfide) groups is 1. The number of rotatable bonds is 5. The van der Waals surface area contributed by atoms with Crippen molar-refractivity contribution in [3.8, 4) is 22.3 Å². The van der Waals surface area contributed by atoms with E-state index < -0.39 is 0 Å². The molecule has 0 fully saturated rings. The van der Waals surface area contributed by atoms with Crippen molar-refractivity contribution in [2.24, 2.45) is 4.99 Å². The Bertz CT molecular complexity index is 1750. The molecule has 4 heterocycles. The van der Waals surface area contributed by atoms with E-state index in [1.54, 1.807) is 12.4 Å². The average molecular weight is 497 g/mol. The molecule has 4 heteroatoms.